The van der Waals surface area contributed by atoms with Gasteiger partial charge in [0.1, 0.15) is 11.6 Å². The fraction of sp³-hybridized carbons (Fsp3) is 0.303. The van der Waals surface area contributed by atoms with Crippen molar-refractivity contribution in [3.63, 3.8) is 0 Å². The van der Waals surface area contributed by atoms with Crippen LogP contribution in [0.4, 0.5) is 0 Å². The second-order valence-corrected chi connectivity index (χ2v) is 10.2. The van der Waals surface area contributed by atoms with Crippen molar-refractivity contribution in [3.05, 3.63) is 95.6 Å². The summed E-state index contributed by atoms with van der Waals surface area (Å²) in [5, 5.41) is 4.47. The summed E-state index contributed by atoms with van der Waals surface area (Å²) in [7, 11) is 0. The highest BCUT2D eigenvalue weighted by Crippen LogP contribution is 2.30. The lowest BCUT2D eigenvalue weighted by molar-refractivity contribution is 0.0952. The Morgan fingerprint density at radius 2 is 1.77 bits per heavy atom. The molecule has 5 rings (SSSR count). The minimum Gasteiger partial charge on any atom is -0.493 e. The van der Waals surface area contributed by atoms with Crippen molar-refractivity contribution in [2.75, 3.05) is 6.61 Å². The number of carbonyl (C=O) groups is 1. The molecule has 5 aromatic rings. The molecule has 6 heteroatoms. The zero-order chi connectivity index (χ0) is 27.4. The van der Waals surface area contributed by atoms with Crippen molar-refractivity contribution < 1.29 is 9.53 Å². The Bertz CT molecular complexity index is 1580. The number of para-hydroxylation sites is 1. The molecule has 1 N–H and O–H groups in total. The predicted molar refractivity (Wildman–Crippen MR) is 157 cm³/mol. The summed E-state index contributed by atoms with van der Waals surface area (Å²) in [6.07, 6.45) is 4.84. The van der Waals surface area contributed by atoms with Crippen LogP contribution in [0.1, 0.15) is 60.5 Å². The van der Waals surface area contributed by atoms with E-state index < -0.39 is 0 Å². The average Bonchev–Trinajstić information content (AvgIpc) is 3.53. The molecule has 0 aliphatic rings. The highest BCUT2D eigenvalue weighted by molar-refractivity contribution is 5.97. The first kappa shape index (κ1) is 26.4. The van der Waals surface area contributed by atoms with Gasteiger partial charge in [-0.1, -0.05) is 50.6 Å². The first-order valence-electron chi connectivity index (χ1n) is 13.8. The molecule has 1 unspecified atom stereocenters. The Morgan fingerprint density at radius 1 is 1.00 bits per heavy atom. The third kappa shape index (κ3) is 5.80. The quantitative estimate of drug-likeness (QED) is 0.181. The van der Waals surface area contributed by atoms with Crippen LogP contribution in [-0.2, 0) is 6.42 Å². The minimum absolute atomic E-state index is 0.143. The van der Waals surface area contributed by atoms with Crippen LogP contribution < -0.4 is 4.74 Å². The normalized spacial score (nSPS) is 12.1. The lowest BCUT2D eigenvalue weighted by Gasteiger charge is -2.17. The van der Waals surface area contributed by atoms with Crippen LogP contribution in [0, 0.1) is 19.8 Å². The molecule has 6 nitrogen and oxygen atoms in total. The fourth-order valence-corrected chi connectivity index (χ4v) is 5.16. The number of Topliss-reactive ketones (excluding diaryl/α,β-unsaturated/α-hetero) is 1. The molecule has 0 amide bonds. The van der Waals surface area contributed by atoms with Gasteiger partial charge < -0.3 is 9.72 Å². The fourth-order valence-electron chi connectivity index (χ4n) is 5.16. The monoisotopic (exact) mass is 520 g/mol. The highest BCUT2D eigenvalue weighted by atomic mass is 16.5. The third-order valence-electron chi connectivity index (χ3n) is 7.52. The highest BCUT2D eigenvalue weighted by Gasteiger charge is 2.19. The van der Waals surface area contributed by atoms with Crippen molar-refractivity contribution in [2.24, 2.45) is 5.92 Å². The van der Waals surface area contributed by atoms with Crippen molar-refractivity contribution in [1.82, 2.24) is 19.7 Å². The van der Waals surface area contributed by atoms with Crippen molar-refractivity contribution in [1.29, 1.82) is 0 Å². The van der Waals surface area contributed by atoms with Crippen LogP contribution >= 0.6 is 0 Å². The van der Waals surface area contributed by atoms with Crippen LogP contribution in [0.2, 0.25) is 0 Å². The molecule has 3 aromatic carbocycles. The maximum atomic E-state index is 13.2. The molecular formula is C33H36N4O2. The van der Waals surface area contributed by atoms with E-state index in [1.165, 1.54) is 5.56 Å². The number of hydrogen-bond acceptors (Lipinski definition) is 4. The van der Waals surface area contributed by atoms with Gasteiger partial charge in [-0.25, -0.2) is 9.67 Å². The molecular weight excluding hydrogens is 484 g/mol. The van der Waals surface area contributed by atoms with Gasteiger partial charge in [-0.05, 0) is 85.7 Å². The summed E-state index contributed by atoms with van der Waals surface area (Å²) in [4.78, 5) is 21.0. The molecule has 200 valence electrons. The Balaban J connectivity index is 1.21. The maximum Gasteiger partial charge on any atom is 0.166 e. The molecule has 0 aliphatic carbocycles. The summed E-state index contributed by atoms with van der Waals surface area (Å²) >= 11 is 0. The number of aryl methyl sites for hydroxylation is 2. The topological polar surface area (TPSA) is 72.8 Å². The van der Waals surface area contributed by atoms with Gasteiger partial charge in [0, 0.05) is 6.42 Å². The molecule has 0 radical (unpaired) electrons. The van der Waals surface area contributed by atoms with Crippen LogP contribution in [-0.4, -0.2) is 32.1 Å². The number of ether oxygens (including phenoxy) is 1. The summed E-state index contributed by atoms with van der Waals surface area (Å²) in [6.45, 7) is 8.81. The lowest BCUT2D eigenvalue weighted by atomic mass is 9.94. The van der Waals surface area contributed by atoms with Crippen molar-refractivity contribution >= 4 is 16.8 Å². The number of H-pyrrole nitrogens is 1. The summed E-state index contributed by atoms with van der Waals surface area (Å²) in [6, 6.07) is 22.7. The van der Waals surface area contributed by atoms with Crippen LogP contribution in [0.3, 0.4) is 0 Å². The Kier molecular flexibility index (Phi) is 7.92. The van der Waals surface area contributed by atoms with E-state index >= 15 is 0 Å². The SMILES string of the molecule is CCc1cc(-c2ccc3nc(C)[nH]c3c2)ccc1OCCC(CC)CC(=O)c1cnn(-c2ccccc2)c1C. The van der Waals surface area contributed by atoms with E-state index in [-0.39, 0.29) is 11.7 Å². The van der Waals surface area contributed by atoms with Crippen molar-refractivity contribution in [3.8, 4) is 22.6 Å². The molecule has 0 bridgehead atoms. The zero-order valence-corrected chi connectivity index (χ0v) is 23.2. The van der Waals surface area contributed by atoms with Gasteiger partial charge in [-0.15, -0.1) is 0 Å². The Hall–Kier alpha value is -4.19. The van der Waals surface area contributed by atoms with E-state index in [1.54, 1.807) is 6.20 Å². The van der Waals surface area contributed by atoms with Crippen LogP contribution in [0.5, 0.6) is 5.75 Å². The number of hydrogen-bond donors (Lipinski definition) is 1. The summed E-state index contributed by atoms with van der Waals surface area (Å²) < 4.78 is 8.09. The first-order chi connectivity index (χ1) is 19.0. The van der Waals surface area contributed by atoms with Gasteiger partial charge in [0.15, 0.2) is 5.78 Å². The second-order valence-electron chi connectivity index (χ2n) is 10.2. The molecule has 2 heterocycles. The summed E-state index contributed by atoms with van der Waals surface area (Å²) in [5.41, 5.74) is 8.07. The Labute approximate surface area is 230 Å². The second kappa shape index (κ2) is 11.7. The number of benzene rings is 3. The van der Waals surface area contributed by atoms with Gasteiger partial charge >= 0.3 is 0 Å². The average molecular weight is 521 g/mol. The number of nitrogens with one attached hydrogen (secondary N) is 1. The van der Waals surface area contributed by atoms with Gasteiger partial charge in [0.25, 0.3) is 0 Å². The number of rotatable bonds is 11. The number of aromatic nitrogens is 4. The van der Waals surface area contributed by atoms with E-state index in [2.05, 4.69) is 65.3 Å². The first-order valence-corrected chi connectivity index (χ1v) is 13.8. The van der Waals surface area contributed by atoms with Crippen LogP contribution in [0.15, 0.2) is 72.9 Å². The molecule has 0 fully saturated rings. The standard InChI is InChI=1S/C33H36N4O2/c1-5-24(18-32(38)29-21-34-37(22(29)3)28-10-8-7-9-11-28)16-17-39-33-15-13-26(19-25(33)6-2)27-12-14-30-31(20-27)36-23(4)35-30/h7-15,19-21,24H,5-6,16-18H2,1-4H3,(H,35,36). The van der Waals surface area contributed by atoms with Gasteiger partial charge in [-0.2, -0.15) is 5.10 Å². The Morgan fingerprint density at radius 3 is 2.54 bits per heavy atom. The number of carbonyl (C=O) groups excluding carboxylic acids is 1. The zero-order valence-electron chi connectivity index (χ0n) is 23.2. The number of fused-ring (bicyclic) bond motifs is 1. The van der Waals surface area contributed by atoms with E-state index in [1.807, 2.05) is 48.9 Å². The number of imidazole rings is 1. The van der Waals surface area contributed by atoms with E-state index in [0.717, 1.165) is 64.4 Å². The van der Waals surface area contributed by atoms with E-state index in [9.17, 15) is 4.79 Å². The predicted octanol–water partition coefficient (Wildman–Crippen LogP) is 7.66. The van der Waals surface area contributed by atoms with Gasteiger partial charge in [0.2, 0.25) is 0 Å². The smallest absolute Gasteiger partial charge is 0.166 e. The van der Waals surface area contributed by atoms with Gasteiger partial charge in [0.05, 0.1) is 40.8 Å². The minimum atomic E-state index is 0.143. The molecule has 1 atom stereocenters. The molecule has 2 aromatic heterocycles. The maximum absolute atomic E-state index is 13.2. The third-order valence-corrected chi connectivity index (χ3v) is 7.52. The lowest BCUT2D eigenvalue weighted by Crippen LogP contribution is -2.13. The molecule has 0 aliphatic heterocycles. The number of aromatic amines is 1. The van der Waals surface area contributed by atoms with E-state index in [4.69, 9.17) is 4.74 Å². The molecule has 0 saturated heterocycles. The van der Waals surface area contributed by atoms with Crippen molar-refractivity contribution in [2.45, 2.75) is 53.4 Å². The number of nitrogens with zero attached hydrogens (tertiary/aromatic N) is 3. The van der Waals surface area contributed by atoms with Crippen LogP contribution in [0.25, 0.3) is 27.8 Å². The van der Waals surface area contributed by atoms with E-state index in [0.29, 0.717) is 18.6 Å². The summed E-state index contributed by atoms with van der Waals surface area (Å²) in [5.74, 6) is 2.24. The molecule has 0 saturated carbocycles. The molecule has 39 heavy (non-hydrogen) atoms. The molecule has 0 spiro atoms. The van der Waals surface area contributed by atoms with Gasteiger partial charge in [-0.3, -0.25) is 4.79 Å². The number of ketones is 1. The largest absolute Gasteiger partial charge is 0.493 e.